The first-order chi connectivity index (χ1) is 19.9. The molecular weight excluding hydrogens is 579 g/mol. The topological polar surface area (TPSA) is 116 Å². The fraction of sp³-hybridized carbons (Fsp3) is 0.433. The molecule has 2 aromatic heterocycles. The lowest BCUT2D eigenvalue weighted by atomic mass is 9.95. The molecule has 1 saturated heterocycles. The number of β-amino-alcohol motifs (C(OH)–C–C–N with tert-alkyl or cyclic N) is 1. The molecule has 224 valence electrons. The van der Waals surface area contributed by atoms with Gasteiger partial charge < -0.3 is 20.1 Å². The number of nitrogens with zero attached hydrogens (tertiary/aromatic N) is 5. The van der Waals surface area contributed by atoms with Crippen LogP contribution in [0.15, 0.2) is 53.6 Å². The normalized spacial score (nSPS) is 20.8. The van der Waals surface area contributed by atoms with E-state index < -0.39 is 34.5 Å². The average molecular weight is 615 g/mol. The number of fused-ring (bicyclic) bond motifs is 1. The van der Waals surface area contributed by atoms with E-state index in [9.17, 15) is 14.4 Å². The minimum atomic E-state index is -1.40. The van der Waals surface area contributed by atoms with Crippen LogP contribution in [0.1, 0.15) is 59.3 Å². The second-order valence-corrected chi connectivity index (χ2v) is 13.3. The van der Waals surface area contributed by atoms with Crippen LogP contribution in [0, 0.1) is 5.82 Å². The van der Waals surface area contributed by atoms with Crippen molar-refractivity contribution in [2.45, 2.75) is 82.2 Å². The number of piperidine rings is 1. The van der Waals surface area contributed by atoms with Crippen molar-refractivity contribution in [1.29, 1.82) is 0 Å². The number of halogens is 2. The van der Waals surface area contributed by atoms with Gasteiger partial charge in [-0.05, 0) is 64.8 Å². The second kappa shape index (κ2) is 12.0. The fourth-order valence-electron chi connectivity index (χ4n) is 5.48. The molecule has 0 aliphatic carbocycles. The van der Waals surface area contributed by atoms with Gasteiger partial charge in [0.15, 0.2) is 5.82 Å². The van der Waals surface area contributed by atoms with Crippen LogP contribution in [0.4, 0.5) is 10.3 Å². The molecule has 1 fully saturated rings. The molecule has 4 aromatic rings. The number of aromatic nitrogens is 4. The third-order valence-corrected chi connectivity index (χ3v) is 9.36. The number of rotatable bonds is 8. The Bertz CT molecular complexity index is 1610. The van der Waals surface area contributed by atoms with Gasteiger partial charge in [0.2, 0.25) is 5.95 Å². The van der Waals surface area contributed by atoms with Crippen LogP contribution >= 0.6 is 11.6 Å². The maximum absolute atomic E-state index is 15.4. The summed E-state index contributed by atoms with van der Waals surface area (Å²) in [6, 6.07) is 11.8. The van der Waals surface area contributed by atoms with Crippen LogP contribution in [-0.2, 0) is 16.6 Å². The Labute approximate surface area is 252 Å². The Kier molecular flexibility index (Phi) is 8.69. The maximum atomic E-state index is 15.4. The summed E-state index contributed by atoms with van der Waals surface area (Å²) in [4.78, 5) is 14.1. The van der Waals surface area contributed by atoms with Gasteiger partial charge in [0.25, 0.3) is 0 Å². The maximum Gasteiger partial charge on any atom is 0.223 e. The Balaban J connectivity index is 1.44. The van der Waals surface area contributed by atoms with Gasteiger partial charge in [-0.1, -0.05) is 36.7 Å². The summed E-state index contributed by atoms with van der Waals surface area (Å²) in [6.07, 6.45) is 1.87. The molecular formula is C30H36ClFN6O3S. The summed E-state index contributed by atoms with van der Waals surface area (Å²) >= 11 is 6.52. The van der Waals surface area contributed by atoms with E-state index in [1.807, 2.05) is 60.0 Å². The Morgan fingerprint density at radius 2 is 1.93 bits per heavy atom. The van der Waals surface area contributed by atoms with Gasteiger partial charge >= 0.3 is 0 Å². The molecule has 0 radical (unpaired) electrons. The van der Waals surface area contributed by atoms with E-state index in [4.69, 9.17) is 11.6 Å². The molecule has 4 atom stereocenters. The lowest BCUT2D eigenvalue weighted by molar-refractivity contribution is 0.0641. The van der Waals surface area contributed by atoms with Crippen molar-refractivity contribution in [3.63, 3.8) is 0 Å². The molecule has 0 bridgehead atoms. The van der Waals surface area contributed by atoms with Gasteiger partial charge in [-0.15, -0.1) is 0 Å². The molecule has 3 N–H and O–H groups in total. The molecule has 5 rings (SSSR count). The monoisotopic (exact) mass is 614 g/mol. The Hall–Kier alpha value is -2.96. The first-order valence-electron chi connectivity index (χ1n) is 14.0. The van der Waals surface area contributed by atoms with E-state index in [0.29, 0.717) is 33.9 Å². The zero-order valence-corrected chi connectivity index (χ0v) is 25.8. The SMILES string of the molecule is CC[C@H]1CC(Nc2ncc(Cl)c(-c3cc(F)c4nc(C(C)(C)O)n(C(C)C)c4c3)n2)[C@@H](O)CN1S(=O)c1ccccc1. The largest absolute Gasteiger partial charge is 0.390 e. The van der Waals surface area contributed by atoms with Gasteiger partial charge in [0, 0.05) is 24.2 Å². The summed E-state index contributed by atoms with van der Waals surface area (Å²) in [6.45, 7) is 9.36. The van der Waals surface area contributed by atoms with Gasteiger partial charge in [-0.25, -0.2) is 27.9 Å². The standard InChI is InChI=1S/C30H36ClFN6O3S/c1-6-19-14-23(25(39)16-37(19)42(41)20-10-8-7-9-11-20)34-29-33-15-21(31)26(36-29)18-12-22(32)27-24(13-18)38(17(2)3)28(35-27)30(4,5)40/h7-13,15,17,19,23,25,39-40H,6,14,16H2,1-5H3,(H,33,34,36)/t19-,23?,25-,42?/m0/s1. The van der Waals surface area contributed by atoms with E-state index in [1.165, 1.54) is 12.3 Å². The quantitative estimate of drug-likeness (QED) is 0.242. The average Bonchev–Trinajstić information content (AvgIpc) is 3.36. The third-order valence-electron chi connectivity index (χ3n) is 7.54. The van der Waals surface area contributed by atoms with E-state index in [-0.39, 0.29) is 35.1 Å². The van der Waals surface area contributed by atoms with E-state index >= 15 is 4.39 Å². The summed E-state index contributed by atoms with van der Waals surface area (Å²) in [5.74, 6) is 0.0382. The molecule has 1 aliphatic rings. The van der Waals surface area contributed by atoms with Gasteiger partial charge in [-0.2, -0.15) is 0 Å². The smallest absolute Gasteiger partial charge is 0.223 e. The fourth-order valence-corrected chi connectivity index (χ4v) is 7.13. The predicted molar refractivity (Wildman–Crippen MR) is 163 cm³/mol. The second-order valence-electron chi connectivity index (χ2n) is 11.5. The molecule has 9 nitrogen and oxygen atoms in total. The van der Waals surface area contributed by atoms with E-state index in [2.05, 4.69) is 20.3 Å². The number of aliphatic hydroxyl groups excluding tert-OH is 1. The minimum absolute atomic E-state index is 0.0449. The molecule has 12 heteroatoms. The van der Waals surface area contributed by atoms with Crippen LogP contribution in [-0.4, -0.2) is 63.0 Å². The third kappa shape index (κ3) is 5.93. The Morgan fingerprint density at radius 1 is 1.21 bits per heavy atom. The number of benzene rings is 2. The van der Waals surface area contributed by atoms with Crippen LogP contribution in [0.5, 0.6) is 0 Å². The number of imidazole rings is 1. The molecule has 0 spiro atoms. The summed E-state index contributed by atoms with van der Waals surface area (Å²) in [5, 5.41) is 25.2. The zero-order valence-electron chi connectivity index (χ0n) is 24.3. The summed E-state index contributed by atoms with van der Waals surface area (Å²) < 4.78 is 32.3. The van der Waals surface area contributed by atoms with Crippen molar-refractivity contribution in [3.8, 4) is 11.3 Å². The van der Waals surface area contributed by atoms with Crippen molar-refractivity contribution in [1.82, 2.24) is 23.8 Å². The van der Waals surface area contributed by atoms with Gasteiger partial charge in [0.05, 0.1) is 39.5 Å². The van der Waals surface area contributed by atoms with E-state index in [1.54, 1.807) is 19.9 Å². The first-order valence-corrected chi connectivity index (χ1v) is 15.5. The summed E-state index contributed by atoms with van der Waals surface area (Å²) in [5.41, 5.74) is 0.142. The summed E-state index contributed by atoms with van der Waals surface area (Å²) in [7, 11) is -1.40. The highest BCUT2D eigenvalue weighted by molar-refractivity contribution is 7.82. The number of aliphatic hydroxyl groups is 2. The Morgan fingerprint density at radius 3 is 2.57 bits per heavy atom. The predicted octanol–water partition coefficient (Wildman–Crippen LogP) is 5.44. The van der Waals surface area contributed by atoms with Crippen LogP contribution in [0.3, 0.4) is 0 Å². The highest BCUT2D eigenvalue weighted by Crippen LogP contribution is 2.35. The van der Waals surface area contributed by atoms with Crippen molar-refractivity contribution < 1.29 is 18.8 Å². The number of hydrogen-bond donors (Lipinski definition) is 3. The van der Waals surface area contributed by atoms with Crippen molar-refractivity contribution in [3.05, 3.63) is 65.3 Å². The molecule has 2 aromatic carbocycles. The number of nitrogens with one attached hydrogen (secondary N) is 1. The lowest BCUT2D eigenvalue weighted by Crippen LogP contribution is -2.55. The van der Waals surface area contributed by atoms with Crippen LogP contribution in [0.25, 0.3) is 22.3 Å². The highest BCUT2D eigenvalue weighted by atomic mass is 35.5. The molecule has 1 aliphatic heterocycles. The first kappa shape index (κ1) is 30.5. The molecule has 2 unspecified atom stereocenters. The van der Waals surface area contributed by atoms with Crippen molar-refractivity contribution >= 4 is 39.6 Å². The van der Waals surface area contributed by atoms with Crippen LogP contribution in [0.2, 0.25) is 5.02 Å². The number of anilines is 1. The minimum Gasteiger partial charge on any atom is -0.390 e. The van der Waals surface area contributed by atoms with Gasteiger partial charge in [0.1, 0.15) is 27.9 Å². The highest BCUT2D eigenvalue weighted by Gasteiger charge is 2.37. The van der Waals surface area contributed by atoms with E-state index in [0.717, 1.165) is 6.42 Å². The van der Waals surface area contributed by atoms with Gasteiger partial charge in [-0.3, -0.25) is 0 Å². The van der Waals surface area contributed by atoms with Crippen molar-refractivity contribution in [2.75, 3.05) is 11.9 Å². The number of hydrogen-bond acceptors (Lipinski definition) is 7. The molecule has 0 amide bonds. The zero-order chi connectivity index (χ0) is 30.3. The lowest BCUT2D eigenvalue weighted by Gasteiger charge is -2.41. The van der Waals surface area contributed by atoms with Crippen molar-refractivity contribution in [2.24, 2.45) is 0 Å². The molecule has 42 heavy (non-hydrogen) atoms. The van der Waals surface area contributed by atoms with Crippen LogP contribution < -0.4 is 5.32 Å². The molecule has 3 heterocycles. The molecule has 0 saturated carbocycles.